The van der Waals surface area contributed by atoms with Crippen molar-refractivity contribution in [2.45, 2.75) is 91.5 Å². The number of hydrogen-bond donors (Lipinski definition) is 1. The number of amides is 1. The van der Waals surface area contributed by atoms with Gasteiger partial charge in [0.2, 0.25) is 0 Å². The van der Waals surface area contributed by atoms with Gasteiger partial charge in [-0.25, -0.2) is 4.79 Å². The van der Waals surface area contributed by atoms with Crippen molar-refractivity contribution in [3.8, 4) is 0 Å². The lowest BCUT2D eigenvalue weighted by molar-refractivity contribution is 0.00578. The van der Waals surface area contributed by atoms with Crippen molar-refractivity contribution in [2.24, 2.45) is 5.92 Å². The van der Waals surface area contributed by atoms with Gasteiger partial charge in [0.1, 0.15) is 5.60 Å². The predicted molar refractivity (Wildman–Crippen MR) is 88.7 cm³/mol. The number of rotatable bonds is 4. The summed E-state index contributed by atoms with van der Waals surface area (Å²) in [5, 5.41) is 2.91. The third-order valence-electron chi connectivity index (χ3n) is 4.03. The Morgan fingerprint density at radius 1 is 1.14 bits per heavy atom. The van der Waals surface area contributed by atoms with Gasteiger partial charge in [-0.2, -0.15) is 0 Å². The molecule has 0 bridgehead atoms. The lowest BCUT2D eigenvalue weighted by atomic mass is 9.74. The largest absolute Gasteiger partial charge is 0.482 e. The highest BCUT2D eigenvalue weighted by molar-refractivity contribution is 6.48. The summed E-state index contributed by atoms with van der Waals surface area (Å²) in [6, 6.07) is 0. The molecule has 1 amide bonds. The Morgan fingerprint density at radius 2 is 1.59 bits per heavy atom. The van der Waals surface area contributed by atoms with Gasteiger partial charge in [-0.05, 0) is 60.8 Å². The average molecular weight is 313 g/mol. The number of hydrogen-bond acceptors (Lipinski definition) is 4. The fourth-order valence-corrected chi connectivity index (χ4v) is 2.26. The number of ether oxygens (including phenoxy) is 1. The summed E-state index contributed by atoms with van der Waals surface area (Å²) in [5.41, 5.74) is -1.35. The Hall–Kier alpha value is -0.745. The first-order valence-corrected chi connectivity index (χ1v) is 8.09. The van der Waals surface area contributed by atoms with Gasteiger partial charge in [0, 0.05) is 0 Å². The monoisotopic (exact) mass is 313 g/mol. The molecule has 1 fully saturated rings. The second-order valence-corrected chi connectivity index (χ2v) is 8.51. The van der Waals surface area contributed by atoms with Crippen LogP contribution in [0.3, 0.4) is 0 Å². The fraction of sp³-hybridized carbons (Fsp3) is 0.938. The standard InChI is InChI=1S/C16H32BNO4/c1-11(2)10-12(18-13(19)20-14(3,4)5)17-21-15(6,7)16(8,9)22-17/h11-12H,10H2,1-9H3,(H,18,19). The molecule has 0 spiro atoms. The molecule has 0 aromatic rings. The van der Waals surface area contributed by atoms with E-state index in [-0.39, 0.29) is 5.94 Å². The number of alkyl carbamates (subject to hydrolysis) is 1. The zero-order valence-electron chi connectivity index (χ0n) is 15.6. The van der Waals surface area contributed by atoms with E-state index in [0.29, 0.717) is 5.92 Å². The summed E-state index contributed by atoms with van der Waals surface area (Å²) >= 11 is 0. The molecule has 0 aliphatic carbocycles. The van der Waals surface area contributed by atoms with Crippen molar-refractivity contribution in [3.05, 3.63) is 0 Å². The molecule has 1 unspecified atom stereocenters. The van der Waals surface area contributed by atoms with Gasteiger partial charge in [-0.15, -0.1) is 0 Å². The Labute approximate surface area is 135 Å². The van der Waals surface area contributed by atoms with Gasteiger partial charge in [0.05, 0.1) is 17.1 Å². The topological polar surface area (TPSA) is 56.8 Å². The Balaban J connectivity index is 2.80. The molecule has 0 aromatic carbocycles. The van der Waals surface area contributed by atoms with E-state index >= 15 is 0 Å². The molecule has 1 rings (SSSR count). The highest BCUT2D eigenvalue weighted by Gasteiger charge is 2.54. The fourth-order valence-electron chi connectivity index (χ4n) is 2.26. The van der Waals surface area contributed by atoms with Gasteiger partial charge >= 0.3 is 13.2 Å². The SMILES string of the molecule is CC(C)CC(NC(=O)OC(C)(C)C)B1OC(C)(C)C(C)(C)O1. The van der Waals surface area contributed by atoms with Crippen LogP contribution in [0.2, 0.25) is 0 Å². The minimum absolute atomic E-state index is 0.240. The summed E-state index contributed by atoms with van der Waals surface area (Å²) in [6.07, 6.45) is 0.323. The quantitative estimate of drug-likeness (QED) is 0.806. The van der Waals surface area contributed by atoms with E-state index in [4.69, 9.17) is 14.0 Å². The van der Waals surface area contributed by atoms with Crippen molar-refractivity contribution in [2.75, 3.05) is 0 Å². The van der Waals surface area contributed by atoms with E-state index in [1.54, 1.807) is 0 Å². The lowest BCUT2D eigenvalue weighted by Gasteiger charge is -2.32. The Kier molecular flexibility index (Phi) is 5.61. The molecule has 0 radical (unpaired) electrons. The summed E-state index contributed by atoms with van der Waals surface area (Å²) in [6.45, 7) is 17.8. The second-order valence-electron chi connectivity index (χ2n) is 8.51. The van der Waals surface area contributed by atoms with Crippen LogP contribution in [-0.4, -0.2) is 36.0 Å². The van der Waals surface area contributed by atoms with E-state index in [0.717, 1.165) is 6.42 Å². The molecule has 1 atom stereocenters. The molecule has 1 aliphatic heterocycles. The van der Waals surface area contributed by atoms with Crippen LogP contribution < -0.4 is 5.32 Å². The van der Waals surface area contributed by atoms with Gasteiger partial charge in [-0.3, -0.25) is 0 Å². The molecular formula is C16H32BNO4. The summed E-state index contributed by atoms with van der Waals surface area (Å²) in [7, 11) is -0.472. The minimum Gasteiger partial charge on any atom is -0.444 e. The maximum absolute atomic E-state index is 12.1. The first-order valence-electron chi connectivity index (χ1n) is 8.09. The molecule has 22 heavy (non-hydrogen) atoms. The van der Waals surface area contributed by atoms with Crippen LogP contribution in [0.25, 0.3) is 0 Å². The number of carbonyl (C=O) groups is 1. The van der Waals surface area contributed by atoms with E-state index in [2.05, 4.69) is 19.2 Å². The van der Waals surface area contributed by atoms with Crippen LogP contribution in [0.15, 0.2) is 0 Å². The smallest absolute Gasteiger partial charge is 0.444 e. The summed E-state index contributed by atoms with van der Waals surface area (Å²) in [5.74, 6) is 0.162. The molecule has 6 heteroatoms. The van der Waals surface area contributed by atoms with Crippen LogP contribution in [0, 0.1) is 5.92 Å². The lowest BCUT2D eigenvalue weighted by Crippen LogP contribution is -2.50. The maximum atomic E-state index is 12.1. The van der Waals surface area contributed by atoms with Crippen molar-refractivity contribution >= 4 is 13.2 Å². The Morgan fingerprint density at radius 3 is 1.95 bits per heavy atom. The van der Waals surface area contributed by atoms with Gasteiger partial charge in [0.15, 0.2) is 0 Å². The average Bonchev–Trinajstić information content (AvgIpc) is 2.43. The molecule has 1 N–H and O–H groups in total. The maximum Gasteiger partial charge on any atom is 0.482 e. The van der Waals surface area contributed by atoms with Crippen molar-refractivity contribution < 1.29 is 18.8 Å². The Bertz CT molecular complexity index is 385. The van der Waals surface area contributed by atoms with Crippen molar-refractivity contribution in [1.82, 2.24) is 5.32 Å². The molecule has 1 saturated heterocycles. The van der Waals surface area contributed by atoms with Crippen molar-refractivity contribution in [3.63, 3.8) is 0 Å². The summed E-state index contributed by atoms with van der Waals surface area (Å²) in [4.78, 5) is 12.1. The van der Waals surface area contributed by atoms with E-state index < -0.39 is 30.0 Å². The van der Waals surface area contributed by atoms with Crippen LogP contribution in [0.4, 0.5) is 4.79 Å². The zero-order valence-corrected chi connectivity index (χ0v) is 15.6. The second kappa shape index (κ2) is 6.40. The van der Waals surface area contributed by atoms with E-state index in [9.17, 15) is 4.79 Å². The summed E-state index contributed by atoms with van der Waals surface area (Å²) < 4.78 is 17.5. The highest BCUT2D eigenvalue weighted by Crippen LogP contribution is 2.38. The van der Waals surface area contributed by atoms with Gasteiger partial charge < -0.3 is 19.4 Å². The zero-order chi connectivity index (χ0) is 17.3. The molecule has 0 aromatic heterocycles. The van der Waals surface area contributed by atoms with Crippen LogP contribution in [0.1, 0.15) is 68.7 Å². The van der Waals surface area contributed by atoms with Crippen LogP contribution in [-0.2, 0) is 14.0 Å². The van der Waals surface area contributed by atoms with Gasteiger partial charge in [-0.1, -0.05) is 13.8 Å². The highest BCUT2D eigenvalue weighted by atomic mass is 16.7. The third-order valence-corrected chi connectivity index (χ3v) is 4.03. The number of nitrogens with one attached hydrogen (secondary N) is 1. The van der Waals surface area contributed by atoms with E-state index in [1.807, 2.05) is 48.5 Å². The molecule has 128 valence electrons. The molecule has 1 heterocycles. The first-order chi connectivity index (χ1) is 9.73. The molecular weight excluding hydrogens is 281 g/mol. The normalized spacial score (nSPS) is 21.8. The molecule has 1 aliphatic rings. The predicted octanol–water partition coefficient (Wildman–Crippen LogP) is 3.56. The van der Waals surface area contributed by atoms with Crippen molar-refractivity contribution in [1.29, 1.82) is 0 Å². The van der Waals surface area contributed by atoms with E-state index in [1.165, 1.54) is 0 Å². The third kappa shape index (κ3) is 5.16. The minimum atomic E-state index is -0.525. The number of carbonyl (C=O) groups excluding carboxylic acids is 1. The van der Waals surface area contributed by atoms with Crippen LogP contribution in [0.5, 0.6) is 0 Å². The van der Waals surface area contributed by atoms with Gasteiger partial charge in [0.25, 0.3) is 0 Å². The first kappa shape index (κ1) is 19.3. The van der Waals surface area contributed by atoms with Crippen LogP contribution >= 0.6 is 0 Å². The molecule has 0 saturated carbocycles. The molecule has 5 nitrogen and oxygen atoms in total.